The lowest BCUT2D eigenvalue weighted by atomic mass is 10.1. The summed E-state index contributed by atoms with van der Waals surface area (Å²) in [7, 11) is 5.87. The third kappa shape index (κ3) is 11.2. The fraction of sp³-hybridized carbons (Fsp3) is 0.333. The highest BCUT2D eigenvalue weighted by molar-refractivity contribution is 5.89. The zero-order chi connectivity index (χ0) is 16.3. The van der Waals surface area contributed by atoms with E-state index in [1.165, 1.54) is 5.56 Å². The molecule has 6 nitrogen and oxygen atoms in total. The predicted octanol–water partition coefficient (Wildman–Crippen LogP) is 1.51. The summed E-state index contributed by atoms with van der Waals surface area (Å²) >= 11 is 0. The molecule has 0 aliphatic carbocycles. The molecule has 1 aromatic carbocycles. The van der Waals surface area contributed by atoms with E-state index in [0.29, 0.717) is 12.2 Å². The van der Waals surface area contributed by atoms with Gasteiger partial charge in [0.25, 0.3) is 0 Å². The van der Waals surface area contributed by atoms with Crippen LogP contribution in [-0.2, 0) is 16.0 Å². The number of methoxy groups -OCH3 is 1. The van der Waals surface area contributed by atoms with E-state index in [1.807, 2.05) is 12.1 Å². The summed E-state index contributed by atoms with van der Waals surface area (Å²) in [5, 5.41) is 15.6. The van der Waals surface area contributed by atoms with E-state index in [4.69, 9.17) is 14.9 Å². The molecule has 0 aliphatic rings. The second-order valence-electron chi connectivity index (χ2n) is 4.41. The van der Waals surface area contributed by atoms with Crippen LogP contribution < -0.4 is 4.74 Å². The Morgan fingerprint density at radius 1 is 1.19 bits per heavy atom. The van der Waals surface area contributed by atoms with Gasteiger partial charge in [-0.2, -0.15) is 0 Å². The topological polar surface area (TPSA) is 87.1 Å². The first-order chi connectivity index (χ1) is 9.85. The molecule has 0 amide bonds. The number of aliphatic carboxylic acids is 2. The summed E-state index contributed by atoms with van der Waals surface area (Å²) in [6.07, 6.45) is 2.19. The molecule has 0 fully saturated rings. The molecule has 116 valence electrons. The Bertz CT molecular complexity index is 467. The number of hydrogen-bond acceptors (Lipinski definition) is 4. The van der Waals surface area contributed by atoms with Crippen LogP contribution in [0.15, 0.2) is 36.4 Å². The summed E-state index contributed by atoms with van der Waals surface area (Å²) in [5.74, 6) is -1.57. The molecule has 0 unspecified atom stereocenters. The molecule has 2 N–H and O–H groups in total. The third-order valence-corrected chi connectivity index (χ3v) is 2.35. The molecule has 0 aromatic heterocycles. The van der Waals surface area contributed by atoms with E-state index in [-0.39, 0.29) is 0 Å². The number of ether oxygens (including phenoxy) is 1. The van der Waals surface area contributed by atoms with Gasteiger partial charge in [-0.25, -0.2) is 9.59 Å². The first-order valence-electron chi connectivity index (χ1n) is 6.26. The van der Waals surface area contributed by atoms with Gasteiger partial charge in [0.15, 0.2) is 0 Å². The lowest BCUT2D eigenvalue weighted by Gasteiger charge is -2.09. The van der Waals surface area contributed by atoms with E-state index in [0.717, 1.165) is 18.7 Å². The Morgan fingerprint density at radius 3 is 2.19 bits per heavy atom. The van der Waals surface area contributed by atoms with Crippen LogP contribution in [0.1, 0.15) is 5.56 Å². The number of nitrogens with zero attached hydrogens (tertiary/aromatic N) is 1. The molecular formula is C15H21NO5. The highest BCUT2D eigenvalue weighted by Crippen LogP contribution is 2.12. The predicted molar refractivity (Wildman–Crippen MR) is 79.7 cm³/mol. The van der Waals surface area contributed by atoms with Gasteiger partial charge in [-0.1, -0.05) is 12.1 Å². The summed E-state index contributed by atoms with van der Waals surface area (Å²) < 4.78 is 5.15. The maximum Gasteiger partial charge on any atom is 0.328 e. The Hall–Kier alpha value is -2.34. The van der Waals surface area contributed by atoms with Crippen molar-refractivity contribution in [2.45, 2.75) is 6.42 Å². The van der Waals surface area contributed by atoms with Gasteiger partial charge >= 0.3 is 11.9 Å². The molecular weight excluding hydrogens is 274 g/mol. The van der Waals surface area contributed by atoms with Gasteiger partial charge < -0.3 is 19.8 Å². The third-order valence-electron chi connectivity index (χ3n) is 2.35. The maximum atomic E-state index is 9.55. The lowest BCUT2D eigenvalue weighted by Crippen LogP contribution is -2.14. The second-order valence-corrected chi connectivity index (χ2v) is 4.41. The van der Waals surface area contributed by atoms with Crippen molar-refractivity contribution in [3.8, 4) is 5.75 Å². The largest absolute Gasteiger partial charge is 0.497 e. The highest BCUT2D eigenvalue weighted by Gasteiger charge is 1.96. The molecule has 0 saturated carbocycles. The van der Waals surface area contributed by atoms with Gasteiger partial charge in [0.1, 0.15) is 5.75 Å². The van der Waals surface area contributed by atoms with Crippen molar-refractivity contribution in [3.05, 3.63) is 42.0 Å². The Balaban J connectivity index is 0.000000433. The Labute approximate surface area is 124 Å². The molecule has 6 heteroatoms. The zero-order valence-corrected chi connectivity index (χ0v) is 12.4. The van der Waals surface area contributed by atoms with Crippen molar-refractivity contribution < 1.29 is 24.5 Å². The van der Waals surface area contributed by atoms with Crippen molar-refractivity contribution in [1.82, 2.24) is 4.90 Å². The van der Waals surface area contributed by atoms with Gasteiger partial charge in [-0.15, -0.1) is 0 Å². The van der Waals surface area contributed by atoms with E-state index in [1.54, 1.807) is 7.11 Å². The summed E-state index contributed by atoms with van der Waals surface area (Å²) in [6.45, 7) is 1.08. The van der Waals surface area contributed by atoms with Crippen LogP contribution in [0.25, 0.3) is 0 Å². The fourth-order valence-corrected chi connectivity index (χ4v) is 1.32. The monoisotopic (exact) mass is 295 g/mol. The molecule has 0 radical (unpaired) electrons. The lowest BCUT2D eigenvalue weighted by molar-refractivity contribution is -0.134. The van der Waals surface area contributed by atoms with Crippen molar-refractivity contribution in [3.63, 3.8) is 0 Å². The van der Waals surface area contributed by atoms with Gasteiger partial charge in [0, 0.05) is 18.7 Å². The van der Waals surface area contributed by atoms with Gasteiger partial charge in [0.05, 0.1) is 7.11 Å². The van der Waals surface area contributed by atoms with E-state index in [9.17, 15) is 9.59 Å². The zero-order valence-electron chi connectivity index (χ0n) is 12.4. The summed E-state index contributed by atoms with van der Waals surface area (Å²) in [4.78, 5) is 21.3. The number of carbonyl (C=O) groups is 2. The van der Waals surface area contributed by atoms with Crippen LogP contribution in [-0.4, -0.2) is 54.8 Å². The van der Waals surface area contributed by atoms with Crippen LogP contribution in [0, 0.1) is 0 Å². The molecule has 0 aliphatic heterocycles. The number of benzene rings is 1. The fourth-order valence-electron chi connectivity index (χ4n) is 1.32. The Morgan fingerprint density at radius 2 is 1.76 bits per heavy atom. The average molecular weight is 295 g/mol. The van der Waals surface area contributed by atoms with Crippen LogP contribution in [0.3, 0.4) is 0 Å². The number of rotatable bonds is 6. The number of carboxylic acid groups (broad SMARTS) is 2. The summed E-state index contributed by atoms with van der Waals surface area (Å²) in [5.41, 5.74) is 1.33. The normalized spacial score (nSPS) is 10.1. The summed E-state index contributed by atoms with van der Waals surface area (Å²) in [6, 6.07) is 8.22. The van der Waals surface area contributed by atoms with Crippen LogP contribution in [0.5, 0.6) is 5.75 Å². The first-order valence-corrected chi connectivity index (χ1v) is 6.26. The van der Waals surface area contributed by atoms with Gasteiger partial charge in [-0.05, 0) is 38.2 Å². The highest BCUT2D eigenvalue weighted by atomic mass is 16.5. The van der Waals surface area contributed by atoms with Crippen molar-refractivity contribution >= 4 is 11.9 Å². The van der Waals surface area contributed by atoms with E-state index < -0.39 is 11.9 Å². The van der Waals surface area contributed by atoms with Crippen molar-refractivity contribution in [2.75, 3.05) is 27.7 Å². The molecule has 0 heterocycles. The van der Waals surface area contributed by atoms with Crippen LogP contribution in [0.4, 0.5) is 0 Å². The van der Waals surface area contributed by atoms with Gasteiger partial charge in [-0.3, -0.25) is 0 Å². The minimum absolute atomic E-state index is 0.558. The maximum absolute atomic E-state index is 9.55. The molecule has 1 rings (SSSR count). The minimum Gasteiger partial charge on any atom is -0.497 e. The second kappa shape index (κ2) is 10.4. The number of carboxylic acids is 2. The smallest absolute Gasteiger partial charge is 0.328 e. The van der Waals surface area contributed by atoms with E-state index in [2.05, 4.69) is 31.1 Å². The molecule has 0 spiro atoms. The first kappa shape index (κ1) is 18.7. The van der Waals surface area contributed by atoms with Crippen LogP contribution in [0.2, 0.25) is 0 Å². The van der Waals surface area contributed by atoms with Crippen molar-refractivity contribution in [2.24, 2.45) is 0 Å². The standard InChI is InChI=1S/C11H17NO.C4H4O4/c1-12(2)8-7-10-5-4-6-11(9-10)13-3;5-3(6)1-2-4(7)8/h4-6,9H,7-8H2,1-3H3;1-2H,(H,5,6)(H,7,8)/b;2-1+. The van der Waals surface area contributed by atoms with E-state index >= 15 is 0 Å². The number of hydrogen-bond donors (Lipinski definition) is 2. The van der Waals surface area contributed by atoms with Crippen molar-refractivity contribution in [1.29, 1.82) is 0 Å². The molecule has 0 bridgehead atoms. The molecule has 21 heavy (non-hydrogen) atoms. The average Bonchev–Trinajstić information content (AvgIpc) is 2.44. The Kier molecular flexibility index (Phi) is 9.28. The molecule has 0 atom stereocenters. The quantitative estimate of drug-likeness (QED) is 0.774. The minimum atomic E-state index is -1.26. The molecule has 1 aromatic rings. The molecule has 0 saturated heterocycles. The number of likely N-dealkylation sites (N-methyl/N-ethyl adjacent to an activating group) is 1. The van der Waals surface area contributed by atoms with Gasteiger partial charge in [0.2, 0.25) is 0 Å². The SMILES string of the molecule is COc1cccc(CCN(C)C)c1.O=C(O)/C=C/C(=O)O. The van der Waals surface area contributed by atoms with Crippen LogP contribution >= 0.6 is 0 Å².